The van der Waals surface area contributed by atoms with Gasteiger partial charge in [0.2, 0.25) is 0 Å². The van der Waals surface area contributed by atoms with Gasteiger partial charge in [0, 0.05) is 0 Å². The first-order valence-corrected chi connectivity index (χ1v) is 5.17. The molecule has 0 N–H and O–H groups in total. The molecule has 0 bridgehead atoms. The molecular weight excluding hydrogens is 130 g/mol. The smallest absolute Gasteiger partial charge is 0.0864 e. The van der Waals surface area contributed by atoms with Crippen LogP contribution in [0.4, 0.5) is 0 Å². The van der Waals surface area contributed by atoms with Crippen LogP contribution in [-0.2, 0) is 0 Å². The number of hydrogen-bond donors (Lipinski definition) is 0. The van der Waals surface area contributed by atoms with Crippen molar-refractivity contribution in [3.05, 3.63) is 0 Å². The molecule has 11 heavy (non-hydrogen) atoms. The number of fused-ring (bicyclic) bond motifs is 1. The van der Waals surface area contributed by atoms with Crippen LogP contribution >= 0.6 is 0 Å². The van der Waals surface area contributed by atoms with E-state index in [0.717, 1.165) is 24.5 Å². The Hall–Kier alpha value is 0.130. The zero-order valence-corrected chi connectivity index (χ0v) is 8.06. The van der Waals surface area contributed by atoms with Crippen LogP contribution in [0, 0.1) is 0 Å². The first-order chi connectivity index (χ1) is 5.17. The van der Waals surface area contributed by atoms with Gasteiger partial charge in [0.15, 0.2) is 0 Å². The summed E-state index contributed by atoms with van der Waals surface area (Å²) in [4.78, 5) is 0. The fourth-order valence-electron chi connectivity index (χ4n) is 3.25. The molecule has 60 valence electrons. The van der Waals surface area contributed by atoms with E-state index in [1.807, 2.05) is 0 Å². The van der Waals surface area contributed by atoms with Crippen molar-refractivity contribution >= 4 is 13.4 Å². The summed E-state index contributed by atoms with van der Waals surface area (Å²) in [5, 5.41) is 0.799. The lowest BCUT2D eigenvalue weighted by Crippen LogP contribution is -2.29. The van der Waals surface area contributed by atoms with E-state index in [0.29, 0.717) is 0 Å². The highest BCUT2D eigenvalue weighted by atomic mass is 14.3. The second kappa shape index (κ2) is 2.31. The summed E-state index contributed by atoms with van der Waals surface area (Å²) >= 11 is 0. The fraction of sp³-hybridized carbons (Fsp3) is 1.00. The molecule has 2 atom stereocenters. The van der Waals surface area contributed by atoms with Crippen LogP contribution in [0.3, 0.4) is 0 Å². The molecular formula is C9H18B2. The molecule has 2 fully saturated rings. The normalized spacial score (nSPS) is 42.3. The highest BCUT2D eigenvalue weighted by Crippen LogP contribution is 2.65. The van der Waals surface area contributed by atoms with Crippen molar-refractivity contribution in [2.75, 3.05) is 0 Å². The third-order valence-corrected chi connectivity index (χ3v) is 4.31. The largest absolute Gasteiger partial charge is 0.141 e. The highest BCUT2D eigenvalue weighted by molar-refractivity contribution is 6.89. The van der Waals surface area contributed by atoms with Crippen molar-refractivity contribution < 1.29 is 0 Å². The fourth-order valence-corrected chi connectivity index (χ4v) is 3.25. The predicted octanol–water partition coefficient (Wildman–Crippen LogP) is 3.10. The van der Waals surface area contributed by atoms with E-state index >= 15 is 0 Å². The highest BCUT2D eigenvalue weighted by Gasteiger charge is 2.59. The summed E-state index contributed by atoms with van der Waals surface area (Å²) in [5.74, 6) is 0. The molecule has 2 rings (SSSR count). The molecule has 0 amide bonds. The Bertz CT molecular complexity index is 169. The van der Waals surface area contributed by atoms with E-state index < -0.39 is 0 Å². The zero-order chi connectivity index (χ0) is 8.06. The maximum Gasteiger partial charge on any atom is 0.141 e. The monoisotopic (exact) mass is 148 g/mol. The number of rotatable bonds is 1. The Labute approximate surface area is 71.3 Å². The molecule has 0 radical (unpaired) electrons. The molecule has 0 spiro atoms. The summed E-state index contributed by atoms with van der Waals surface area (Å²) in [6.07, 6.45) is 5.96. The molecule has 0 aromatic heterocycles. The topological polar surface area (TPSA) is 0 Å². The second-order valence-corrected chi connectivity index (χ2v) is 5.05. The molecule has 2 aliphatic rings. The predicted molar refractivity (Wildman–Crippen MR) is 54.0 cm³/mol. The lowest BCUT2D eigenvalue weighted by molar-refractivity contribution is 0.706. The molecule has 2 heteroatoms. The molecule has 0 aromatic rings. The Kier molecular flexibility index (Phi) is 1.63. The van der Waals surface area contributed by atoms with Crippen LogP contribution in [0.5, 0.6) is 0 Å². The SMILES string of the molecule is CCC1B(C)CCC2(C)CB12. The van der Waals surface area contributed by atoms with Gasteiger partial charge in [0.1, 0.15) is 13.4 Å². The molecule has 0 saturated carbocycles. The van der Waals surface area contributed by atoms with Crippen molar-refractivity contribution in [1.82, 2.24) is 0 Å². The van der Waals surface area contributed by atoms with E-state index in [1.165, 1.54) is 25.5 Å². The van der Waals surface area contributed by atoms with Crippen LogP contribution in [0.2, 0.25) is 30.5 Å². The van der Waals surface area contributed by atoms with Crippen LogP contribution in [0.15, 0.2) is 0 Å². The van der Waals surface area contributed by atoms with E-state index in [9.17, 15) is 0 Å². The summed E-state index contributed by atoms with van der Waals surface area (Å²) in [7, 11) is 0. The van der Waals surface area contributed by atoms with Gasteiger partial charge in [-0.1, -0.05) is 57.2 Å². The maximum atomic E-state index is 2.49. The van der Waals surface area contributed by atoms with Gasteiger partial charge in [-0.3, -0.25) is 0 Å². The van der Waals surface area contributed by atoms with E-state index in [4.69, 9.17) is 0 Å². The lowest BCUT2D eigenvalue weighted by Gasteiger charge is -2.28. The van der Waals surface area contributed by atoms with Gasteiger partial charge in [-0.05, 0) is 0 Å². The van der Waals surface area contributed by atoms with Crippen molar-refractivity contribution in [2.24, 2.45) is 0 Å². The Morgan fingerprint density at radius 2 is 2.27 bits per heavy atom. The standard InChI is InChI=1S/C9H18B2/c1-4-8-10(3)6-5-9(2)7-11(8)9/h8H,4-7H2,1-3H3. The lowest BCUT2D eigenvalue weighted by atomic mass is 9.22. The van der Waals surface area contributed by atoms with Gasteiger partial charge in [0.25, 0.3) is 0 Å². The minimum absolute atomic E-state index is 0.799. The third kappa shape index (κ3) is 1.06. The van der Waals surface area contributed by atoms with E-state index in [-0.39, 0.29) is 0 Å². The van der Waals surface area contributed by atoms with E-state index in [1.54, 1.807) is 0 Å². The van der Waals surface area contributed by atoms with Crippen molar-refractivity contribution in [1.29, 1.82) is 0 Å². The molecule has 0 aliphatic carbocycles. The molecule has 2 heterocycles. The van der Waals surface area contributed by atoms with Gasteiger partial charge in [-0.25, -0.2) is 0 Å². The van der Waals surface area contributed by atoms with Crippen molar-refractivity contribution in [3.63, 3.8) is 0 Å². The quantitative estimate of drug-likeness (QED) is 0.501. The summed E-state index contributed by atoms with van der Waals surface area (Å²) in [6.45, 7) is 9.43. The van der Waals surface area contributed by atoms with E-state index in [2.05, 4.69) is 20.7 Å². The van der Waals surface area contributed by atoms with Crippen molar-refractivity contribution in [3.8, 4) is 0 Å². The van der Waals surface area contributed by atoms with Crippen LogP contribution in [-0.4, -0.2) is 13.4 Å². The van der Waals surface area contributed by atoms with Gasteiger partial charge < -0.3 is 0 Å². The maximum absolute atomic E-state index is 2.49. The summed E-state index contributed by atoms with van der Waals surface area (Å²) in [6, 6.07) is 0. The first-order valence-electron chi connectivity index (χ1n) is 5.17. The first kappa shape index (κ1) is 7.76. The van der Waals surface area contributed by atoms with Crippen molar-refractivity contribution in [2.45, 2.75) is 57.2 Å². The number of hydrogen-bond acceptors (Lipinski definition) is 0. The van der Waals surface area contributed by atoms with Gasteiger partial charge in [-0.15, -0.1) is 0 Å². The van der Waals surface area contributed by atoms with Gasteiger partial charge in [0.05, 0.1) is 0 Å². The Morgan fingerprint density at radius 1 is 1.55 bits per heavy atom. The minimum atomic E-state index is 0.799. The molecule has 2 saturated heterocycles. The molecule has 0 nitrogen and oxygen atoms in total. The van der Waals surface area contributed by atoms with Gasteiger partial charge in [-0.2, -0.15) is 0 Å². The summed E-state index contributed by atoms with van der Waals surface area (Å²) < 4.78 is 0. The Balaban J connectivity index is 2.07. The third-order valence-electron chi connectivity index (χ3n) is 4.31. The average molecular weight is 148 g/mol. The molecule has 2 unspecified atom stereocenters. The minimum Gasteiger partial charge on any atom is -0.0864 e. The molecule has 0 aromatic carbocycles. The summed E-state index contributed by atoms with van der Waals surface area (Å²) in [5.41, 5.74) is 1.06. The zero-order valence-electron chi connectivity index (χ0n) is 8.06. The second-order valence-electron chi connectivity index (χ2n) is 5.05. The van der Waals surface area contributed by atoms with Gasteiger partial charge >= 0.3 is 0 Å². The van der Waals surface area contributed by atoms with Crippen LogP contribution in [0.1, 0.15) is 26.7 Å². The molecule has 2 aliphatic heterocycles. The Morgan fingerprint density at radius 3 is 2.82 bits per heavy atom. The average Bonchev–Trinajstić information content (AvgIpc) is 2.62. The van der Waals surface area contributed by atoms with Crippen LogP contribution in [0.25, 0.3) is 0 Å². The van der Waals surface area contributed by atoms with Crippen LogP contribution < -0.4 is 0 Å².